The van der Waals surface area contributed by atoms with Gasteiger partial charge in [0, 0.05) is 23.1 Å². The molecule has 4 heteroatoms. The molecule has 0 saturated carbocycles. The highest BCUT2D eigenvalue weighted by Gasteiger charge is 2.09. The minimum absolute atomic E-state index is 0.0726. The number of carbonyl (C=O) groups excluding carboxylic acids is 1. The molecule has 0 aromatic heterocycles. The highest BCUT2D eigenvalue weighted by atomic mass is 32.2. The highest BCUT2D eigenvalue weighted by Crippen LogP contribution is 2.19. The number of fused-ring (bicyclic) bond motifs is 1. The van der Waals surface area contributed by atoms with E-state index < -0.39 is 10.8 Å². The molecule has 2 aromatic carbocycles. The van der Waals surface area contributed by atoms with E-state index in [0.717, 1.165) is 22.8 Å². The molecule has 20 heavy (non-hydrogen) atoms. The molecule has 0 aliphatic rings. The van der Waals surface area contributed by atoms with Crippen molar-refractivity contribution in [1.29, 1.82) is 0 Å². The summed E-state index contributed by atoms with van der Waals surface area (Å²) in [6.07, 6.45) is 0.891. The number of hydrogen-bond donors (Lipinski definition) is 1. The van der Waals surface area contributed by atoms with Crippen molar-refractivity contribution in [2.45, 2.75) is 19.1 Å². The molecule has 3 nitrogen and oxygen atoms in total. The zero-order chi connectivity index (χ0) is 14.4. The second kappa shape index (κ2) is 7.20. The first-order chi connectivity index (χ1) is 9.70. The van der Waals surface area contributed by atoms with Crippen molar-refractivity contribution >= 4 is 27.5 Å². The van der Waals surface area contributed by atoms with Crippen LogP contribution in [0.1, 0.15) is 18.9 Å². The van der Waals surface area contributed by atoms with Gasteiger partial charge >= 0.3 is 0 Å². The lowest BCUT2D eigenvalue weighted by atomic mass is 10.1. The summed E-state index contributed by atoms with van der Waals surface area (Å²) in [5, 5.41) is 5.00. The molecule has 0 aliphatic carbocycles. The topological polar surface area (TPSA) is 46.2 Å². The van der Waals surface area contributed by atoms with Gasteiger partial charge in [-0.25, -0.2) is 0 Å². The molecule has 1 amide bonds. The third kappa shape index (κ3) is 3.90. The van der Waals surface area contributed by atoms with Crippen molar-refractivity contribution < 1.29 is 9.00 Å². The van der Waals surface area contributed by atoms with Gasteiger partial charge in [0.2, 0.25) is 5.91 Å². The maximum atomic E-state index is 12.1. The summed E-state index contributed by atoms with van der Waals surface area (Å²) in [5.74, 6) is 0.356. The maximum Gasteiger partial charge on any atom is 0.232 e. The summed E-state index contributed by atoms with van der Waals surface area (Å²) in [6, 6.07) is 14.0. The molecule has 1 N–H and O–H groups in total. The normalized spacial score (nSPS) is 12.2. The van der Waals surface area contributed by atoms with Crippen LogP contribution in [-0.2, 0) is 21.3 Å². The highest BCUT2D eigenvalue weighted by molar-refractivity contribution is 7.84. The van der Waals surface area contributed by atoms with Gasteiger partial charge in [-0.3, -0.25) is 9.00 Å². The molecule has 0 saturated heterocycles. The molecule has 1 atom stereocenters. The summed E-state index contributed by atoms with van der Waals surface area (Å²) >= 11 is 0. The van der Waals surface area contributed by atoms with Crippen molar-refractivity contribution in [3.63, 3.8) is 0 Å². The Morgan fingerprint density at radius 1 is 1.15 bits per heavy atom. The van der Waals surface area contributed by atoms with Gasteiger partial charge in [0.15, 0.2) is 0 Å². The van der Waals surface area contributed by atoms with Gasteiger partial charge < -0.3 is 5.32 Å². The predicted octanol–water partition coefficient (Wildman–Crippen LogP) is 2.61. The molecule has 0 bridgehead atoms. The van der Waals surface area contributed by atoms with Crippen molar-refractivity contribution in [1.82, 2.24) is 5.32 Å². The summed E-state index contributed by atoms with van der Waals surface area (Å²) in [7, 11) is -1.17. The van der Waals surface area contributed by atoms with E-state index in [1.165, 1.54) is 0 Å². The smallest absolute Gasteiger partial charge is 0.232 e. The zero-order valence-electron chi connectivity index (χ0n) is 11.6. The van der Waals surface area contributed by atoms with E-state index in [9.17, 15) is 9.00 Å². The number of rotatable bonds is 6. The summed E-state index contributed by atoms with van der Waals surface area (Å²) in [4.78, 5) is 11.6. The first kappa shape index (κ1) is 14.7. The van der Waals surface area contributed by atoms with Gasteiger partial charge in [-0.1, -0.05) is 49.4 Å². The number of hydrogen-bond acceptors (Lipinski definition) is 2. The van der Waals surface area contributed by atoms with Crippen molar-refractivity contribution in [2.75, 3.05) is 12.3 Å². The van der Waals surface area contributed by atoms with Crippen LogP contribution in [0.2, 0.25) is 0 Å². The molecular weight excluding hydrogens is 270 g/mol. The maximum absolute atomic E-state index is 12.1. The molecule has 0 spiro atoms. The Morgan fingerprint density at radius 3 is 2.70 bits per heavy atom. The van der Waals surface area contributed by atoms with Gasteiger partial charge in [-0.05, 0) is 22.8 Å². The van der Waals surface area contributed by atoms with Crippen LogP contribution in [0.15, 0.2) is 42.5 Å². The molecule has 2 rings (SSSR count). The first-order valence-electron chi connectivity index (χ1n) is 6.79. The van der Waals surface area contributed by atoms with E-state index in [0.29, 0.717) is 12.3 Å². The van der Waals surface area contributed by atoms with Crippen molar-refractivity contribution in [2.24, 2.45) is 0 Å². The number of nitrogens with one attached hydrogen (secondary N) is 1. The van der Waals surface area contributed by atoms with Crippen LogP contribution in [-0.4, -0.2) is 22.4 Å². The number of benzene rings is 2. The lowest BCUT2D eigenvalue weighted by Gasteiger charge is -2.07. The predicted molar refractivity (Wildman–Crippen MR) is 84.0 cm³/mol. The average Bonchev–Trinajstić information content (AvgIpc) is 2.45. The van der Waals surface area contributed by atoms with Gasteiger partial charge in [-0.15, -0.1) is 0 Å². The molecule has 0 fully saturated rings. The van der Waals surface area contributed by atoms with Crippen LogP contribution >= 0.6 is 0 Å². The van der Waals surface area contributed by atoms with E-state index in [1.807, 2.05) is 49.4 Å². The third-order valence-electron chi connectivity index (χ3n) is 3.06. The molecule has 0 aliphatic heterocycles. The van der Waals surface area contributed by atoms with Crippen LogP contribution in [0.4, 0.5) is 0 Å². The molecule has 1 unspecified atom stereocenters. The number of amides is 1. The second-order valence-corrected chi connectivity index (χ2v) is 6.17. The van der Waals surface area contributed by atoms with Gasteiger partial charge in [-0.2, -0.15) is 0 Å². The van der Waals surface area contributed by atoms with E-state index >= 15 is 0 Å². The minimum atomic E-state index is -1.17. The fraction of sp³-hybridized carbons (Fsp3) is 0.312. The average molecular weight is 289 g/mol. The molecule has 0 heterocycles. The monoisotopic (exact) mass is 289 g/mol. The molecular formula is C16H19NO2S. The van der Waals surface area contributed by atoms with Gasteiger partial charge in [0.05, 0.1) is 0 Å². The fourth-order valence-electron chi connectivity index (χ4n) is 2.10. The Kier molecular flexibility index (Phi) is 5.30. The van der Waals surface area contributed by atoms with E-state index in [4.69, 9.17) is 0 Å². The van der Waals surface area contributed by atoms with Crippen molar-refractivity contribution in [3.8, 4) is 0 Å². The van der Waals surface area contributed by atoms with Gasteiger partial charge in [0.25, 0.3) is 0 Å². The summed E-state index contributed by atoms with van der Waals surface area (Å²) in [5.41, 5.74) is 1.03. The molecule has 0 radical (unpaired) electrons. The molecule has 2 aromatic rings. The van der Waals surface area contributed by atoms with Crippen LogP contribution in [0.5, 0.6) is 0 Å². The van der Waals surface area contributed by atoms with Gasteiger partial charge in [0.1, 0.15) is 5.75 Å². The van der Waals surface area contributed by atoms with Crippen LogP contribution < -0.4 is 5.32 Å². The molecule has 106 valence electrons. The Hall–Kier alpha value is -1.68. The van der Waals surface area contributed by atoms with Crippen LogP contribution in [0.25, 0.3) is 10.8 Å². The van der Waals surface area contributed by atoms with E-state index in [2.05, 4.69) is 5.32 Å². The Labute approximate surface area is 121 Å². The quantitative estimate of drug-likeness (QED) is 0.888. The zero-order valence-corrected chi connectivity index (χ0v) is 12.4. The fourth-order valence-corrected chi connectivity index (χ4v) is 3.20. The lowest BCUT2D eigenvalue weighted by molar-refractivity contribution is -0.118. The lowest BCUT2D eigenvalue weighted by Crippen LogP contribution is -2.29. The van der Waals surface area contributed by atoms with Crippen LogP contribution in [0.3, 0.4) is 0 Å². The largest absolute Gasteiger partial charge is 0.355 e. The second-order valence-electron chi connectivity index (χ2n) is 4.72. The Bertz CT molecular complexity index is 619. The SMILES string of the molecule is CCCNC(=O)CS(=O)Cc1cccc2ccccc12. The first-order valence-corrected chi connectivity index (χ1v) is 8.28. The third-order valence-corrected chi connectivity index (χ3v) is 4.28. The number of carbonyl (C=O) groups is 1. The minimum Gasteiger partial charge on any atom is -0.355 e. The summed E-state index contributed by atoms with van der Waals surface area (Å²) in [6.45, 7) is 2.64. The van der Waals surface area contributed by atoms with E-state index in [1.54, 1.807) is 0 Å². The standard InChI is InChI=1S/C16H19NO2S/c1-2-10-17-16(18)12-20(19)11-14-8-5-7-13-6-3-4-9-15(13)14/h3-9H,2,10-12H2,1H3,(H,17,18). The van der Waals surface area contributed by atoms with Crippen LogP contribution in [0, 0.1) is 0 Å². The van der Waals surface area contributed by atoms with E-state index in [-0.39, 0.29) is 11.7 Å². The Balaban J connectivity index is 2.05. The Morgan fingerprint density at radius 2 is 1.90 bits per heavy atom. The summed E-state index contributed by atoms with van der Waals surface area (Å²) < 4.78 is 12.1. The van der Waals surface area contributed by atoms with Crippen molar-refractivity contribution in [3.05, 3.63) is 48.0 Å².